The van der Waals surface area contributed by atoms with Crippen molar-refractivity contribution in [1.82, 2.24) is 0 Å². The van der Waals surface area contributed by atoms with Gasteiger partial charge in [0.25, 0.3) is 20.2 Å². The molecule has 4 aromatic carbocycles. The summed E-state index contributed by atoms with van der Waals surface area (Å²) in [5.41, 5.74) is -1.94. The minimum atomic E-state index is -4.55. The molecule has 0 heterocycles. The van der Waals surface area contributed by atoms with Crippen molar-refractivity contribution in [3.63, 3.8) is 0 Å². The van der Waals surface area contributed by atoms with Gasteiger partial charge in [-0.15, -0.1) is 0 Å². The Morgan fingerprint density at radius 2 is 0.783 bits per heavy atom. The summed E-state index contributed by atoms with van der Waals surface area (Å²) in [7, 11) is -9.11. The standard InChI is InChI=1S/C34H38O10S2/c35-31(23-43-45(37,38)25-29-17-9-3-10-18-29)33(41-21-27-13-5-1-6-14-27)34(42-22-28-15-7-2-8-16-28)32(36)24-44-46(39,40)26-30-19-11-4-12-20-30/h1-20,31-36H,21-26H2/t31-,32-,33-,34-/m1/s1/i25D,26D/t25?,26?,31-,32-,33-,34-. The maximum absolute atomic E-state index is 12.9. The van der Waals surface area contributed by atoms with Gasteiger partial charge in [-0.1, -0.05) is 121 Å². The lowest BCUT2D eigenvalue weighted by atomic mass is 10.0. The summed E-state index contributed by atoms with van der Waals surface area (Å²) >= 11 is 0. The molecule has 0 aromatic heterocycles. The topological polar surface area (TPSA) is 146 Å². The number of hydrogen-bond acceptors (Lipinski definition) is 10. The van der Waals surface area contributed by atoms with E-state index in [-0.39, 0.29) is 24.3 Å². The van der Waals surface area contributed by atoms with Crippen molar-refractivity contribution in [3.8, 4) is 0 Å². The number of aliphatic hydroxyl groups is 2. The van der Waals surface area contributed by atoms with E-state index in [1.54, 1.807) is 97.1 Å². The predicted molar refractivity (Wildman–Crippen MR) is 172 cm³/mol. The molecular formula is C34H38O10S2. The fraction of sp³-hybridized carbons (Fsp3) is 0.294. The molecule has 0 saturated heterocycles. The van der Waals surface area contributed by atoms with Crippen LogP contribution in [-0.2, 0) is 62.7 Å². The van der Waals surface area contributed by atoms with Gasteiger partial charge in [-0.3, -0.25) is 8.37 Å². The second-order valence-corrected chi connectivity index (χ2v) is 13.2. The van der Waals surface area contributed by atoms with Crippen molar-refractivity contribution in [2.45, 2.75) is 49.1 Å². The first-order chi connectivity index (χ1) is 23.0. The Hall–Kier alpha value is -3.46. The number of hydrogen-bond donors (Lipinski definition) is 2. The number of benzene rings is 4. The summed E-state index contributed by atoms with van der Waals surface area (Å²) in [6.45, 7) is -1.96. The molecule has 0 bridgehead atoms. The Labute approximate surface area is 273 Å². The molecule has 0 spiro atoms. The molecule has 4 rings (SSSR count). The van der Waals surface area contributed by atoms with Gasteiger partial charge in [0, 0.05) is 0 Å². The molecule has 2 unspecified atom stereocenters. The first-order valence-corrected chi connectivity index (χ1v) is 17.3. The fourth-order valence-electron chi connectivity index (χ4n) is 4.37. The van der Waals surface area contributed by atoms with E-state index in [0.29, 0.717) is 11.1 Å². The lowest BCUT2D eigenvalue weighted by Crippen LogP contribution is -2.50. The highest BCUT2D eigenvalue weighted by atomic mass is 32.2. The van der Waals surface area contributed by atoms with Crippen LogP contribution in [0.3, 0.4) is 0 Å². The second kappa shape index (κ2) is 17.5. The first-order valence-electron chi connectivity index (χ1n) is 15.5. The van der Waals surface area contributed by atoms with E-state index in [1.807, 2.05) is 0 Å². The summed E-state index contributed by atoms with van der Waals surface area (Å²) in [6.07, 6.45) is -6.50. The Morgan fingerprint density at radius 3 is 1.09 bits per heavy atom. The molecule has 0 aliphatic heterocycles. The molecule has 0 aliphatic rings. The third-order valence-corrected chi connectivity index (χ3v) is 8.67. The average molecular weight is 673 g/mol. The average Bonchev–Trinajstić information content (AvgIpc) is 3.12. The Balaban J connectivity index is 1.57. The van der Waals surface area contributed by atoms with Crippen molar-refractivity contribution in [2.24, 2.45) is 0 Å². The van der Waals surface area contributed by atoms with Gasteiger partial charge in [0.2, 0.25) is 0 Å². The van der Waals surface area contributed by atoms with Crippen molar-refractivity contribution in [3.05, 3.63) is 144 Å². The SMILES string of the molecule is [2H]C(c1ccccc1)S(=O)(=O)OC[C@@H](O)[C@@H](OCc1ccccc1)[C@H](OCc1ccccc1)[C@H](O)COS(=O)(=O)C([2H])c1ccccc1. The predicted octanol–water partition coefficient (Wildman–Crippen LogP) is 3.97. The van der Waals surface area contributed by atoms with Crippen LogP contribution in [0.15, 0.2) is 121 Å². The highest BCUT2D eigenvalue weighted by Crippen LogP contribution is 2.21. The van der Waals surface area contributed by atoms with Crippen LogP contribution in [0.25, 0.3) is 0 Å². The summed E-state index contributed by atoms with van der Waals surface area (Å²) in [4.78, 5) is 0. The summed E-state index contributed by atoms with van der Waals surface area (Å²) < 4.78 is 90.2. The molecule has 0 amide bonds. The monoisotopic (exact) mass is 672 g/mol. The van der Waals surface area contributed by atoms with Crippen LogP contribution in [-0.4, -0.2) is 64.7 Å². The minimum absolute atomic E-state index is 0.111. The molecule has 246 valence electrons. The van der Waals surface area contributed by atoms with E-state index in [2.05, 4.69) is 0 Å². The Morgan fingerprint density at radius 1 is 0.500 bits per heavy atom. The van der Waals surface area contributed by atoms with Gasteiger partial charge in [0.1, 0.15) is 35.9 Å². The third-order valence-electron chi connectivity index (χ3n) is 6.62. The van der Waals surface area contributed by atoms with Crippen molar-refractivity contribution in [1.29, 1.82) is 0 Å². The van der Waals surface area contributed by atoms with Crippen LogP contribution < -0.4 is 0 Å². The molecule has 0 saturated carbocycles. The number of rotatable bonds is 19. The highest BCUT2D eigenvalue weighted by molar-refractivity contribution is 7.86. The molecule has 10 nitrogen and oxygen atoms in total. The quantitative estimate of drug-likeness (QED) is 0.140. The largest absolute Gasteiger partial charge is 0.388 e. The van der Waals surface area contributed by atoms with E-state index in [4.69, 9.17) is 20.6 Å². The normalized spacial score (nSPS) is 16.7. The smallest absolute Gasteiger partial charge is 0.271 e. The maximum Gasteiger partial charge on any atom is 0.271 e. The van der Waals surface area contributed by atoms with Crippen LogP contribution in [0.1, 0.15) is 25.0 Å². The number of ether oxygens (including phenoxy) is 2. The highest BCUT2D eigenvalue weighted by Gasteiger charge is 2.37. The first kappa shape index (κ1) is 32.5. The van der Waals surface area contributed by atoms with Crippen LogP contribution in [0.2, 0.25) is 0 Å². The third kappa shape index (κ3) is 12.0. The molecular weight excluding hydrogens is 632 g/mol. The molecule has 0 aliphatic carbocycles. The van der Waals surface area contributed by atoms with Crippen molar-refractivity contribution >= 4 is 20.2 Å². The van der Waals surface area contributed by atoms with Crippen LogP contribution in [0.4, 0.5) is 0 Å². The van der Waals surface area contributed by atoms with E-state index in [1.165, 1.54) is 24.3 Å². The van der Waals surface area contributed by atoms with E-state index < -0.39 is 69.3 Å². The molecule has 6 atom stereocenters. The fourth-order valence-corrected chi connectivity index (χ4v) is 6.14. The molecule has 46 heavy (non-hydrogen) atoms. The number of aliphatic hydroxyl groups excluding tert-OH is 2. The minimum Gasteiger partial charge on any atom is -0.388 e. The molecule has 2 N–H and O–H groups in total. The van der Waals surface area contributed by atoms with Gasteiger partial charge in [-0.05, 0) is 22.3 Å². The lowest BCUT2D eigenvalue weighted by Gasteiger charge is -2.33. The molecule has 4 aromatic rings. The van der Waals surface area contributed by atoms with Crippen molar-refractivity contribution < 1.29 is 47.6 Å². The van der Waals surface area contributed by atoms with E-state index in [0.717, 1.165) is 0 Å². The van der Waals surface area contributed by atoms with Crippen LogP contribution >= 0.6 is 0 Å². The van der Waals surface area contributed by atoms with Gasteiger partial charge in [0.05, 0.1) is 29.2 Å². The molecule has 0 fully saturated rings. The molecule has 0 radical (unpaired) electrons. The second-order valence-electron chi connectivity index (χ2n) is 10.3. The van der Waals surface area contributed by atoms with Gasteiger partial charge in [-0.25, -0.2) is 0 Å². The zero-order valence-corrected chi connectivity index (χ0v) is 26.4. The zero-order chi connectivity index (χ0) is 34.6. The van der Waals surface area contributed by atoms with Gasteiger partial charge in [0.15, 0.2) is 0 Å². The summed E-state index contributed by atoms with van der Waals surface area (Å²) in [6, 6.07) is 33.1. The Kier molecular flexibility index (Phi) is 12.3. The summed E-state index contributed by atoms with van der Waals surface area (Å²) in [5.74, 6) is 0. The van der Waals surface area contributed by atoms with Crippen molar-refractivity contribution in [2.75, 3.05) is 13.2 Å². The maximum atomic E-state index is 12.9. The van der Waals surface area contributed by atoms with Gasteiger partial charge in [-0.2, -0.15) is 16.8 Å². The van der Waals surface area contributed by atoms with Crippen LogP contribution in [0.5, 0.6) is 0 Å². The van der Waals surface area contributed by atoms with E-state index >= 15 is 0 Å². The molecule has 12 heteroatoms. The summed E-state index contributed by atoms with van der Waals surface area (Å²) in [5, 5.41) is 22.7. The van der Waals surface area contributed by atoms with Gasteiger partial charge >= 0.3 is 0 Å². The zero-order valence-electron chi connectivity index (χ0n) is 26.8. The van der Waals surface area contributed by atoms with E-state index in [9.17, 15) is 27.0 Å². The van der Waals surface area contributed by atoms with Crippen LogP contribution in [0, 0.1) is 0 Å². The van der Waals surface area contributed by atoms with Gasteiger partial charge < -0.3 is 19.7 Å². The Bertz CT molecular complexity index is 1600. The lowest BCUT2D eigenvalue weighted by molar-refractivity contribution is -0.174.